The molecule has 2 nitrogen and oxygen atoms in total. The summed E-state index contributed by atoms with van der Waals surface area (Å²) in [5, 5.41) is 3.54. The fourth-order valence-corrected chi connectivity index (χ4v) is 2.22. The Labute approximate surface area is 74.0 Å². The molecule has 66 valence electrons. The third-order valence-corrected chi connectivity index (χ3v) is 1.96. The summed E-state index contributed by atoms with van der Waals surface area (Å²) >= 11 is 5.76. The van der Waals surface area contributed by atoms with Crippen molar-refractivity contribution in [2.24, 2.45) is 0 Å². The van der Waals surface area contributed by atoms with Crippen LogP contribution in [-0.2, 0) is 0 Å². The van der Waals surface area contributed by atoms with E-state index in [0.29, 0.717) is 0 Å². The molecule has 0 aromatic carbocycles. The zero-order valence-corrected chi connectivity index (χ0v) is 8.50. The molecule has 0 amide bonds. The maximum atomic E-state index is 5.76. The van der Waals surface area contributed by atoms with E-state index in [4.69, 9.17) is 11.8 Å². The van der Waals surface area contributed by atoms with Gasteiger partial charge in [-0.3, -0.25) is 0 Å². The molecule has 0 spiro atoms. The van der Waals surface area contributed by atoms with Gasteiger partial charge in [0.1, 0.15) is 0 Å². The zero-order chi connectivity index (χ0) is 8.70. The predicted octanol–water partition coefficient (Wildman–Crippen LogP) is 1.60. The molecule has 11 heavy (non-hydrogen) atoms. The summed E-state index contributed by atoms with van der Waals surface area (Å²) in [5.41, 5.74) is 0.410. The molecular formula is C8H17ClN2. The van der Waals surface area contributed by atoms with Gasteiger partial charge in [-0.05, 0) is 39.5 Å². The fourth-order valence-electron chi connectivity index (χ4n) is 1.70. The minimum atomic E-state index is 0.187. The maximum Gasteiger partial charge on any atom is 0.0439 e. The second-order valence-corrected chi connectivity index (χ2v) is 5.19. The van der Waals surface area contributed by atoms with Gasteiger partial charge in [0, 0.05) is 24.2 Å². The summed E-state index contributed by atoms with van der Waals surface area (Å²) in [7, 11) is 0. The smallest absolute Gasteiger partial charge is 0.0439 e. The van der Waals surface area contributed by atoms with Crippen LogP contribution in [0.3, 0.4) is 0 Å². The van der Waals surface area contributed by atoms with E-state index < -0.39 is 0 Å². The number of nitrogens with zero attached hydrogens (tertiary/aromatic N) is 1. The van der Waals surface area contributed by atoms with Gasteiger partial charge in [0.2, 0.25) is 0 Å². The molecular weight excluding hydrogens is 160 g/mol. The molecule has 0 aromatic rings. The van der Waals surface area contributed by atoms with Crippen molar-refractivity contribution in [3.8, 4) is 0 Å². The van der Waals surface area contributed by atoms with Crippen LogP contribution in [0.15, 0.2) is 0 Å². The predicted molar refractivity (Wildman–Crippen MR) is 48.7 cm³/mol. The summed E-state index contributed by atoms with van der Waals surface area (Å²) in [4.78, 5) is 0. The van der Waals surface area contributed by atoms with E-state index in [0.717, 1.165) is 13.1 Å². The summed E-state index contributed by atoms with van der Waals surface area (Å²) in [6, 6.07) is 0. The summed E-state index contributed by atoms with van der Waals surface area (Å²) in [6.07, 6.45) is 0. The molecule has 0 saturated carbocycles. The summed E-state index contributed by atoms with van der Waals surface area (Å²) in [6.45, 7) is 10.6. The Balaban J connectivity index is 2.38. The van der Waals surface area contributed by atoms with E-state index in [-0.39, 0.29) is 11.1 Å². The molecule has 1 N–H and O–H groups in total. The Kier molecular flexibility index (Phi) is 2.21. The second kappa shape index (κ2) is 2.61. The lowest BCUT2D eigenvalue weighted by atomic mass is 9.91. The van der Waals surface area contributed by atoms with Crippen LogP contribution < -0.4 is 5.32 Å². The summed E-state index contributed by atoms with van der Waals surface area (Å²) < 4.78 is 1.80. The van der Waals surface area contributed by atoms with Crippen molar-refractivity contribution in [3.05, 3.63) is 0 Å². The summed E-state index contributed by atoms with van der Waals surface area (Å²) in [5.74, 6) is 0. The van der Waals surface area contributed by atoms with E-state index in [2.05, 4.69) is 33.0 Å². The molecule has 1 saturated heterocycles. The van der Waals surface area contributed by atoms with E-state index in [1.807, 2.05) is 0 Å². The quantitative estimate of drug-likeness (QED) is 0.611. The molecule has 1 rings (SSSR count). The maximum absolute atomic E-state index is 5.76. The second-order valence-electron chi connectivity index (χ2n) is 4.71. The van der Waals surface area contributed by atoms with Crippen LogP contribution >= 0.6 is 11.8 Å². The average molecular weight is 177 g/mol. The van der Waals surface area contributed by atoms with Crippen molar-refractivity contribution in [1.82, 2.24) is 9.74 Å². The molecule has 0 atom stereocenters. The average Bonchev–Trinajstić information content (AvgIpc) is 1.53. The third kappa shape index (κ3) is 2.62. The zero-order valence-electron chi connectivity index (χ0n) is 7.74. The molecule has 1 aliphatic heterocycles. The van der Waals surface area contributed by atoms with Crippen molar-refractivity contribution in [2.45, 2.75) is 38.8 Å². The molecule has 1 heterocycles. The van der Waals surface area contributed by atoms with E-state index >= 15 is 0 Å². The number of halogens is 1. The monoisotopic (exact) mass is 176 g/mol. The normalized spacial score (nSPS) is 24.8. The molecule has 0 radical (unpaired) electrons. The highest BCUT2D eigenvalue weighted by Crippen LogP contribution is 2.24. The van der Waals surface area contributed by atoms with Crippen LogP contribution in [0, 0.1) is 0 Å². The third-order valence-electron chi connectivity index (χ3n) is 1.72. The lowest BCUT2D eigenvalue weighted by molar-refractivity contribution is 0.106. The van der Waals surface area contributed by atoms with Gasteiger partial charge in [0.25, 0.3) is 0 Å². The van der Waals surface area contributed by atoms with Crippen LogP contribution in [0.1, 0.15) is 27.7 Å². The Morgan fingerprint density at radius 2 is 1.82 bits per heavy atom. The Morgan fingerprint density at radius 3 is 2.09 bits per heavy atom. The van der Waals surface area contributed by atoms with Crippen LogP contribution in [0.2, 0.25) is 0 Å². The van der Waals surface area contributed by atoms with Gasteiger partial charge < -0.3 is 5.32 Å². The van der Waals surface area contributed by atoms with Gasteiger partial charge in [-0.1, -0.05) is 0 Å². The number of rotatable bonds is 1. The lowest BCUT2D eigenvalue weighted by Gasteiger charge is -2.48. The van der Waals surface area contributed by atoms with Gasteiger partial charge in [-0.2, -0.15) is 0 Å². The first kappa shape index (κ1) is 9.30. The van der Waals surface area contributed by atoms with Crippen molar-refractivity contribution < 1.29 is 0 Å². The number of hydrogen-bond donors (Lipinski definition) is 1. The largest absolute Gasteiger partial charge is 0.304 e. The number of nitrogens with one attached hydrogen (secondary N) is 1. The lowest BCUT2D eigenvalue weighted by Crippen LogP contribution is -2.68. The molecule has 0 aromatic heterocycles. The van der Waals surface area contributed by atoms with Gasteiger partial charge in [0.05, 0.1) is 0 Å². The minimum absolute atomic E-state index is 0.187. The topological polar surface area (TPSA) is 15.3 Å². The van der Waals surface area contributed by atoms with Crippen molar-refractivity contribution in [1.29, 1.82) is 0 Å². The Morgan fingerprint density at radius 1 is 1.36 bits per heavy atom. The highest BCUT2D eigenvalue weighted by Gasteiger charge is 2.39. The first-order chi connectivity index (χ1) is 4.81. The van der Waals surface area contributed by atoms with E-state index in [1.54, 1.807) is 4.42 Å². The molecule has 0 unspecified atom stereocenters. The van der Waals surface area contributed by atoms with Crippen LogP contribution in [0.4, 0.5) is 0 Å². The van der Waals surface area contributed by atoms with Gasteiger partial charge in [-0.15, -0.1) is 0 Å². The molecule has 0 aliphatic carbocycles. The van der Waals surface area contributed by atoms with Gasteiger partial charge >= 0.3 is 0 Å². The fraction of sp³-hybridized carbons (Fsp3) is 1.00. The standard InChI is InChI=1S/C8H17ClN2/c1-7(2,3)10-8(4)5-11(9)6-8/h10H,5-6H2,1-4H3. The SMILES string of the molecule is CC(C)(C)NC1(C)CN(Cl)C1. The molecule has 3 heteroatoms. The highest BCUT2D eigenvalue weighted by molar-refractivity contribution is 6.14. The molecule has 1 fully saturated rings. The van der Waals surface area contributed by atoms with Crippen molar-refractivity contribution >= 4 is 11.8 Å². The molecule has 1 aliphatic rings. The van der Waals surface area contributed by atoms with E-state index in [1.165, 1.54) is 0 Å². The Hall–Kier alpha value is 0.210. The highest BCUT2D eigenvalue weighted by atomic mass is 35.5. The first-order valence-electron chi connectivity index (χ1n) is 4.01. The minimum Gasteiger partial charge on any atom is -0.304 e. The first-order valence-corrected chi connectivity index (χ1v) is 4.35. The van der Waals surface area contributed by atoms with Crippen LogP contribution in [0.5, 0.6) is 0 Å². The number of hydrogen-bond acceptors (Lipinski definition) is 2. The van der Waals surface area contributed by atoms with Gasteiger partial charge in [-0.25, -0.2) is 4.42 Å². The van der Waals surface area contributed by atoms with Gasteiger partial charge in [0.15, 0.2) is 0 Å². The van der Waals surface area contributed by atoms with Crippen LogP contribution in [0.25, 0.3) is 0 Å². The van der Waals surface area contributed by atoms with Crippen LogP contribution in [-0.4, -0.2) is 28.6 Å². The van der Waals surface area contributed by atoms with Crippen molar-refractivity contribution in [3.63, 3.8) is 0 Å². The van der Waals surface area contributed by atoms with E-state index in [9.17, 15) is 0 Å². The van der Waals surface area contributed by atoms with Crippen molar-refractivity contribution in [2.75, 3.05) is 13.1 Å². The Bertz CT molecular complexity index is 145. The molecule has 0 bridgehead atoms.